The fourth-order valence-electron chi connectivity index (χ4n) is 2.46. The third-order valence-electron chi connectivity index (χ3n) is 3.63. The molecule has 3 rings (SSSR count). The smallest absolute Gasteiger partial charge is 0.335 e. The highest BCUT2D eigenvalue weighted by atomic mass is 32.1. The van der Waals surface area contributed by atoms with Gasteiger partial charge < -0.3 is 4.90 Å². The molecule has 0 aliphatic carbocycles. The second-order valence-electron chi connectivity index (χ2n) is 6.41. The van der Waals surface area contributed by atoms with Crippen LogP contribution in [0.15, 0.2) is 35.3 Å². The van der Waals surface area contributed by atoms with Crippen LogP contribution in [0, 0.1) is 10.1 Å². The van der Waals surface area contributed by atoms with Crippen molar-refractivity contribution in [1.29, 1.82) is 0 Å². The maximum Gasteiger partial charge on any atom is 0.365 e. The van der Waals surface area contributed by atoms with E-state index in [1.165, 1.54) is 23.5 Å². The largest absolute Gasteiger partial charge is 0.365 e. The molecule has 0 aliphatic heterocycles. The van der Waals surface area contributed by atoms with Gasteiger partial charge in [0.1, 0.15) is 5.00 Å². The third-order valence-corrected chi connectivity index (χ3v) is 4.68. The van der Waals surface area contributed by atoms with Crippen LogP contribution >= 0.6 is 11.3 Å². The van der Waals surface area contributed by atoms with E-state index in [0.717, 1.165) is 10.7 Å². The zero-order valence-corrected chi connectivity index (χ0v) is 14.6. The second-order valence-corrected chi connectivity index (χ2v) is 7.39. The first kappa shape index (κ1) is 16.2. The van der Waals surface area contributed by atoms with Gasteiger partial charge >= 0.3 is 5.69 Å². The summed E-state index contributed by atoms with van der Waals surface area (Å²) in [6.07, 6.45) is 1.85. The molecular formula is C15H17N5O3S. The Bertz CT molecular complexity index is 962. The molecule has 9 heteroatoms. The average Bonchev–Trinajstić information content (AvgIpc) is 3.01. The molecule has 2 aromatic heterocycles. The van der Waals surface area contributed by atoms with Crippen molar-refractivity contribution in [1.82, 2.24) is 14.2 Å². The molecular weight excluding hydrogens is 330 g/mol. The molecule has 0 fully saturated rings. The molecule has 0 amide bonds. The molecule has 0 atom stereocenters. The van der Waals surface area contributed by atoms with E-state index < -0.39 is 4.92 Å². The van der Waals surface area contributed by atoms with Gasteiger partial charge in [-0.15, -0.1) is 0 Å². The van der Waals surface area contributed by atoms with Gasteiger partial charge in [-0.25, -0.2) is 14.0 Å². The molecule has 1 aromatic carbocycles. The molecule has 0 bridgehead atoms. The minimum Gasteiger partial charge on any atom is -0.335 e. The number of benzene rings is 1. The van der Waals surface area contributed by atoms with Gasteiger partial charge in [0.2, 0.25) is 4.96 Å². The summed E-state index contributed by atoms with van der Waals surface area (Å²) in [4.78, 5) is 29.0. The molecule has 2 heterocycles. The number of rotatable bonds is 3. The minimum atomic E-state index is -0.426. The van der Waals surface area contributed by atoms with E-state index in [4.69, 9.17) is 0 Å². The van der Waals surface area contributed by atoms with E-state index in [1.807, 2.05) is 38.9 Å². The summed E-state index contributed by atoms with van der Waals surface area (Å²) >= 11 is 1.38. The molecule has 0 spiro atoms. The molecule has 24 heavy (non-hydrogen) atoms. The maximum absolute atomic E-state index is 12.1. The summed E-state index contributed by atoms with van der Waals surface area (Å²) in [5.74, 6) is 0. The first-order valence-electron chi connectivity index (χ1n) is 7.28. The Morgan fingerprint density at radius 1 is 1.25 bits per heavy atom. The first-order chi connectivity index (χ1) is 11.2. The molecule has 0 unspecified atom stereocenters. The van der Waals surface area contributed by atoms with Crippen molar-refractivity contribution in [2.24, 2.45) is 0 Å². The molecule has 126 valence electrons. The topological polar surface area (TPSA) is 85.7 Å². The van der Waals surface area contributed by atoms with Gasteiger partial charge in [0.15, 0.2) is 0 Å². The van der Waals surface area contributed by atoms with Crippen LogP contribution in [-0.2, 0) is 5.54 Å². The Kier molecular flexibility index (Phi) is 3.67. The van der Waals surface area contributed by atoms with Gasteiger partial charge in [0.05, 0.1) is 16.7 Å². The minimum absolute atomic E-state index is 0.0507. The number of nitrogens with zero attached hydrogens (tertiary/aromatic N) is 5. The van der Waals surface area contributed by atoms with Crippen molar-refractivity contribution < 1.29 is 4.92 Å². The predicted octanol–water partition coefficient (Wildman–Crippen LogP) is 2.99. The molecule has 0 N–H and O–H groups in total. The standard InChI is InChI=1S/C15H17N5O3S/c1-15(2,3)19-13(21)16-14-18(19)9-12(24-14)17(4)10-5-7-11(8-6-10)20(22)23/h5-9H,1-4H3. The lowest BCUT2D eigenvalue weighted by Gasteiger charge is -2.20. The van der Waals surface area contributed by atoms with Gasteiger partial charge in [-0.1, -0.05) is 11.3 Å². The Balaban J connectivity index is 2.02. The van der Waals surface area contributed by atoms with Gasteiger partial charge in [-0.05, 0) is 32.9 Å². The van der Waals surface area contributed by atoms with Crippen LogP contribution in [0.5, 0.6) is 0 Å². The summed E-state index contributed by atoms with van der Waals surface area (Å²) in [5.41, 5.74) is 0.198. The zero-order chi connectivity index (χ0) is 17.6. The lowest BCUT2D eigenvalue weighted by molar-refractivity contribution is -0.384. The fraction of sp³-hybridized carbons (Fsp3) is 0.333. The van der Waals surface area contributed by atoms with Crippen LogP contribution in [0.3, 0.4) is 0 Å². The predicted molar refractivity (Wildman–Crippen MR) is 93.5 cm³/mol. The number of thiazole rings is 1. The van der Waals surface area contributed by atoms with Gasteiger partial charge in [0, 0.05) is 24.9 Å². The Labute approximate surface area is 141 Å². The SMILES string of the molecule is CN(c1ccc([N+](=O)[O-])cc1)c1cn2c(nc(=O)n2C(C)(C)C)s1. The molecule has 0 saturated heterocycles. The van der Waals surface area contributed by atoms with Gasteiger partial charge in [0.25, 0.3) is 5.69 Å². The highest BCUT2D eigenvalue weighted by Crippen LogP contribution is 2.31. The molecule has 8 nitrogen and oxygen atoms in total. The van der Waals surface area contributed by atoms with Crippen LogP contribution in [0.1, 0.15) is 20.8 Å². The molecule has 0 aliphatic rings. The highest BCUT2D eigenvalue weighted by molar-refractivity contribution is 7.20. The number of fused-ring (bicyclic) bond motifs is 1. The number of non-ortho nitro benzene ring substituents is 1. The molecule has 0 radical (unpaired) electrons. The summed E-state index contributed by atoms with van der Waals surface area (Å²) in [6.45, 7) is 5.83. The maximum atomic E-state index is 12.1. The van der Waals surface area contributed by atoms with Crippen molar-refractivity contribution in [2.45, 2.75) is 26.3 Å². The van der Waals surface area contributed by atoms with Gasteiger partial charge in [-0.3, -0.25) is 10.1 Å². The monoisotopic (exact) mass is 347 g/mol. The van der Waals surface area contributed by atoms with Crippen LogP contribution in [0.25, 0.3) is 4.96 Å². The lowest BCUT2D eigenvalue weighted by atomic mass is 10.1. The van der Waals surface area contributed by atoms with Crippen LogP contribution in [0.4, 0.5) is 16.4 Å². The van der Waals surface area contributed by atoms with E-state index in [9.17, 15) is 14.9 Å². The quantitative estimate of drug-likeness (QED) is 0.537. The number of nitro groups is 1. The number of hydrogen-bond donors (Lipinski definition) is 0. The van der Waals surface area contributed by atoms with E-state index in [2.05, 4.69) is 4.98 Å². The van der Waals surface area contributed by atoms with Crippen LogP contribution in [0.2, 0.25) is 0 Å². The third kappa shape index (κ3) is 2.67. The summed E-state index contributed by atoms with van der Waals surface area (Å²) in [5, 5.41) is 11.6. The zero-order valence-electron chi connectivity index (χ0n) is 13.8. The first-order valence-corrected chi connectivity index (χ1v) is 8.10. The summed E-state index contributed by atoms with van der Waals surface area (Å²) in [7, 11) is 1.87. The van der Waals surface area contributed by atoms with E-state index >= 15 is 0 Å². The highest BCUT2D eigenvalue weighted by Gasteiger charge is 2.22. The van der Waals surface area contributed by atoms with Crippen LogP contribution < -0.4 is 10.6 Å². The number of nitro benzene ring substituents is 1. The van der Waals surface area contributed by atoms with Crippen LogP contribution in [-0.4, -0.2) is 26.2 Å². The van der Waals surface area contributed by atoms with Crippen molar-refractivity contribution in [2.75, 3.05) is 11.9 Å². The van der Waals surface area contributed by atoms with E-state index in [1.54, 1.807) is 21.3 Å². The molecule has 3 aromatic rings. The Morgan fingerprint density at radius 3 is 2.42 bits per heavy atom. The number of aromatic nitrogens is 3. The van der Waals surface area contributed by atoms with Crippen molar-refractivity contribution >= 4 is 32.7 Å². The second kappa shape index (κ2) is 5.45. The normalized spacial score (nSPS) is 11.8. The van der Waals surface area contributed by atoms with Gasteiger partial charge in [-0.2, -0.15) is 4.98 Å². The average molecular weight is 347 g/mol. The lowest BCUT2D eigenvalue weighted by Crippen LogP contribution is -2.34. The van der Waals surface area contributed by atoms with E-state index in [0.29, 0.717) is 4.96 Å². The van der Waals surface area contributed by atoms with Crippen molar-refractivity contribution in [3.63, 3.8) is 0 Å². The Hall–Kier alpha value is -2.68. The van der Waals surface area contributed by atoms with Crippen molar-refractivity contribution in [3.05, 3.63) is 51.1 Å². The van der Waals surface area contributed by atoms with Crippen molar-refractivity contribution in [3.8, 4) is 0 Å². The van der Waals surface area contributed by atoms with E-state index in [-0.39, 0.29) is 16.9 Å². The summed E-state index contributed by atoms with van der Waals surface area (Å²) in [6, 6.07) is 6.32. The molecule has 0 saturated carbocycles. The fourth-order valence-corrected chi connectivity index (χ4v) is 3.39. The Morgan fingerprint density at radius 2 is 1.88 bits per heavy atom. The number of hydrogen-bond acceptors (Lipinski definition) is 6. The number of anilines is 2. The summed E-state index contributed by atoms with van der Waals surface area (Å²) < 4.78 is 3.36.